The zero-order valence-corrected chi connectivity index (χ0v) is 22.6. The molecule has 0 saturated carbocycles. The molecule has 4 nitrogen and oxygen atoms in total. The van der Waals surface area contributed by atoms with Crippen LogP contribution in [-0.2, 0) is 0 Å². The van der Waals surface area contributed by atoms with Crippen LogP contribution in [0.1, 0.15) is 56.1 Å². The van der Waals surface area contributed by atoms with E-state index in [1.165, 1.54) is 24.3 Å². The van der Waals surface area contributed by atoms with E-state index in [4.69, 9.17) is 11.6 Å². The van der Waals surface area contributed by atoms with Crippen LogP contribution in [0.15, 0.2) is 72.8 Å². The van der Waals surface area contributed by atoms with E-state index in [1.54, 1.807) is 4.90 Å². The van der Waals surface area contributed by atoms with Gasteiger partial charge in [0.25, 0.3) is 0 Å². The highest BCUT2D eigenvalue weighted by Crippen LogP contribution is 2.30. The average molecular weight is 540 g/mol. The van der Waals surface area contributed by atoms with Crippen molar-refractivity contribution in [3.8, 4) is 0 Å². The summed E-state index contributed by atoms with van der Waals surface area (Å²) in [5.74, 6) is -0.425. The van der Waals surface area contributed by atoms with E-state index in [-0.39, 0.29) is 29.6 Å². The number of nitrogens with one attached hydrogen (secondary N) is 1. The predicted molar refractivity (Wildman–Crippen MR) is 151 cm³/mol. The molecule has 2 amide bonds. The predicted octanol–water partition coefficient (Wildman–Crippen LogP) is 7.62. The molecule has 0 aromatic heterocycles. The molecule has 38 heavy (non-hydrogen) atoms. The van der Waals surface area contributed by atoms with E-state index in [9.17, 15) is 13.6 Å². The highest BCUT2D eigenvalue weighted by molar-refractivity contribution is 6.30. The van der Waals surface area contributed by atoms with Crippen molar-refractivity contribution in [2.24, 2.45) is 0 Å². The number of likely N-dealkylation sites (tertiary alicyclic amines) is 1. The van der Waals surface area contributed by atoms with Crippen LogP contribution in [0.3, 0.4) is 0 Å². The van der Waals surface area contributed by atoms with Crippen LogP contribution >= 0.6 is 11.6 Å². The van der Waals surface area contributed by atoms with Gasteiger partial charge in [-0.15, -0.1) is 0 Å². The molecular weight excluding hydrogens is 504 g/mol. The van der Waals surface area contributed by atoms with E-state index in [2.05, 4.69) is 17.1 Å². The highest BCUT2D eigenvalue weighted by atomic mass is 35.5. The molecule has 1 aliphatic rings. The molecule has 7 heteroatoms. The number of hydrogen-bond acceptors (Lipinski definition) is 2. The molecule has 1 heterocycles. The first kappa shape index (κ1) is 28.1. The third kappa shape index (κ3) is 7.78. The molecule has 0 radical (unpaired) electrons. The lowest BCUT2D eigenvalue weighted by Gasteiger charge is -2.34. The van der Waals surface area contributed by atoms with Crippen molar-refractivity contribution in [3.63, 3.8) is 0 Å². The Hall–Kier alpha value is -2.96. The number of piperidine rings is 1. The maximum Gasteiger partial charge on any atom is 0.322 e. The van der Waals surface area contributed by atoms with Gasteiger partial charge in [-0.1, -0.05) is 42.8 Å². The van der Waals surface area contributed by atoms with Crippen molar-refractivity contribution in [2.45, 2.75) is 51.0 Å². The number of amides is 2. The molecular formula is C31H36ClF2N3O. The topological polar surface area (TPSA) is 35.6 Å². The van der Waals surface area contributed by atoms with Gasteiger partial charge in [0.05, 0.1) is 0 Å². The molecule has 0 atom stereocenters. The van der Waals surface area contributed by atoms with Gasteiger partial charge in [0.15, 0.2) is 0 Å². The van der Waals surface area contributed by atoms with Crippen LogP contribution in [0.25, 0.3) is 0 Å². The second-order valence-corrected chi connectivity index (χ2v) is 10.4. The first-order chi connectivity index (χ1) is 18.4. The van der Waals surface area contributed by atoms with Crippen LogP contribution in [-0.4, -0.2) is 43.2 Å². The van der Waals surface area contributed by atoms with Gasteiger partial charge in [0.1, 0.15) is 11.6 Å². The number of rotatable bonds is 10. The Morgan fingerprint density at radius 1 is 0.947 bits per heavy atom. The van der Waals surface area contributed by atoms with Crippen molar-refractivity contribution in [2.75, 3.05) is 31.1 Å². The Morgan fingerprint density at radius 2 is 1.50 bits per heavy atom. The van der Waals surface area contributed by atoms with Crippen LogP contribution in [0.5, 0.6) is 0 Å². The second-order valence-electron chi connectivity index (χ2n) is 9.99. The number of halogens is 3. The minimum absolute atomic E-state index is 0.0611. The average Bonchev–Trinajstić information content (AvgIpc) is 2.92. The summed E-state index contributed by atoms with van der Waals surface area (Å²) < 4.78 is 27.0. The number of carbonyl (C=O) groups is 1. The minimum atomic E-state index is -0.257. The van der Waals surface area contributed by atoms with Crippen LogP contribution in [0.4, 0.5) is 19.3 Å². The quantitative estimate of drug-likeness (QED) is 0.287. The minimum Gasteiger partial charge on any atom is -0.335 e. The van der Waals surface area contributed by atoms with E-state index >= 15 is 0 Å². The monoisotopic (exact) mass is 539 g/mol. The summed E-state index contributed by atoms with van der Waals surface area (Å²) in [7, 11) is 0. The fraction of sp³-hybridized carbons (Fsp3) is 0.387. The Bertz CT molecular complexity index is 1100. The van der Waals surface area contributed by atoms with Gasteiger partial charge >= 0.3 is 6.03 Å². The van der Waals surface area contributed by atoms with E-state index in [0.29, 0.717) is 11.6 Å². The van der Waals surface area contributed by atoms with Gasteiger partial charge in [-0.3, -0.25) is 4.90 Å². The Labute approximate surface area is 229 Å². The van der Waals surface area contributed by atoms with Crippen molar-refractivity contribution in [3.05, 3.63) is 101 Å². The fourth-order valence-corrected chi connectivity index (χ4v) is 5.31. The van der Waals surface area contributed by atoms with Crippen LogP contribution in [0.2, 0.25) is 5.02 Å². The summed E-state index contributed by atoms with van der Waals surface area (Å²) in [6, 6.07) is 20.7. The SMILES string of the molecule is CCCN(C(=O)NC1CCN(CCCC(c2ccc(F)cc2)c2ccc(F)cc2)CC1)c1ccc(Cl)cc1. The summed E-state index contributed by atoms with van der Waals surface area (Å²) in [6.07, 6.45) is 4.54. The molecule has 1 aliphatic heterocycles. The van der Waals surface area contributed by atoms with Gasteiger partial charge in [-0.2, -0.15) is 0 Å². The van der Waals surface area contributed by atoms with Crippen molar-refractivity contribution in [1.29, 1.82) is 0 Å². The number of nitrogens with zero attached hydrogens (tertiary/aromatic N) is 2. The Morgan fingerprint density at radius 3 is 2.03 bits per heavy atom. The lowest BCUT2D eigenvalue weighted by atomic mass is 9.87. The standard InChI is InChI=1S/C31H36ClF2N3O/c1-2-19-37(29-15-9-25(32)10-16-29)31(38)35-28-17-21-36(22-18-28)20-3-4-30(23-5-11-26(33)12-6-23)24-7-13-27(34)14-8-24/h5-16,28,30H,2-4,17-22H2,1H3,(H,35,38). The van der Waals surface area contributed by atoms with Crippen molar-refractivity contribution < 1.29 is 13.6 Å². The lowest BCUT2D eigenvalue weighted by molar-refractivity contribution is 0.191. The number of anilines is 1. The molecule has 3 aromatic rings. The zero-order valence-electron chi connectivity index (χ0n) is 21.9. The summed E-state index contributed by atoms with van der Waals surface area (Å²) >= 11 is 6.02. The maximum absolute atomic E-state index is 13.5. The van der Waals surface area contributed by atoms with Gasteiger partial charge in [0, 0.05) is 42.3 Å². The van der Waals surface area contributed by atoms with E-state index < -0.39 is 0 Å². The molecule has 4 rings (SSSR count). The molecule has 1 N–H and O–H groups in total. The molecule has 0 aliphatic carbocycles. The largest absolute Gasteiger partial charge is 0.335 e. The third-order valence-electron chi connectivity index (χ3n) is 7.26. The molecule has 0 spiro atoms. The second kappa shape index (κ2) is 13.7. The maximum atomic E-state index is 13.5. The lowest BCUT2D eigenvalue weighted by Crippen LogP contribution is -2.49. The third-order valence-corrected chi connectivity index (χ3v) is 7.51. The van der Waals surface area contributed by atoms with E-state index in [1.807, 2.05) is 48.5 Å². The van der Waals surface area contributed by atoms with Gasteiger partial charge < -0.3 is 10.2 Å². The van der Waals surface area contributed by atoms with Gasteiger partial charge in [-0.25, -0.2) is 13.6 Å². The first-order valence-corrected chi connectivity index (χ1v) is 13.9. The van der Waals surface area contributed by atoms with Gasteiger partial charge in [0.2, 0.25) is 0 Å². The Kier molecular flexibility index (Phi) is 10.1. The number of urea groups is 1. The number of benzene rings is 3. The first-order valence-electron chi connectivity index (χ1n) is 13.5. The highest BCUT2D eigenvalue weighted by Gasteiger charge is 2.24. The smallest absolute Gasteiger partial charge is 0.322 e. The summed E-state index contributed by atoms with van der Waals surface area (Å²) in [5, 5.41) is 3.88. The normalized spacial score (nSPS) is 14.6. The van der Waals surface area contributed by atoms with E-state index in [0.717, 1.165) is 68.6 Å². The van der Waals surface area contributed by atoms with Crippen LogP contribution < -0.4 is 10.2 Å². The number of hydrogen-bond donors (Lipinski definition) is 1. The summed E-state index contributed by atoms with van der Waals surface area (Å²) in [6.45, 7) is 5.52. The molecule has 0 unspecified atom stereocenters. The zero-order chi connectivity index (χ0) is 26.9. The van der Waals surface area contributed by atoms with Crippen LogP contribution in [0, 0.1) is 11.6 Å². The number of carbonyl (C=O) groups excluding carboxylic acids is 1. The molecule has 3 aromatic carbocycles. The van der Waals surface area contributed by atoms with Gasteiger partial charge in [-0.05, 0) is 98.3 Å². The molecule has 0 bridgehead atoms. The summed E-state index contributed by atoms with van der Waals surface area (Å²) in [5.41, 5.74) is 2.93. The van der Waals surface area contributed by atoms with Crippen molar-refractivity contribution in [1.82, 2.24) is 10.2 Å². The Balaban J connectivity index is 1.27. The van der Waals surface area contributed by atoms with Crippen molar-refractivity contribution >= 4 is 23.3 Å². The molecule has 1 fully saturated rings. The molecule has 1 saturated heterocycles. The fourth-order valence-electron chi connectivity index (χ4n) is 5.18. The molecule has 202 valence electrons. The summed E-state index contributed by atoms with van der Waals surface area (Å²) in [4.78, 5) is 17.3.